The predicted molar refractivity (Wildman–Crippen MR) is 178 cm³/mol. The highest BCUT2D eigenvalue weighted by Gasteiger charge is 2.19. The van der Waals surface area contributed by atoms with E-state index in [-0.39, 0.29) is 31.1 Å². The van der Waals surface area contributed by atoms with Gasteiger partial charge in [0.2, 0.25) is 0 Å². The van der Waals surface area contributed by atoms with Gasteiger partial charge < -0.3 is 14.2 Å². The molecule has 43 heavy (non-hydrogen) atoms. The molecule has 0 aromatic rings. The van der Waals surface area contributed by atoms with E-state index in [1.54, 1.807) is 0 Å². The van der Waals surface area contributed by atoms with Gasteiger partial charge in [-0.25, -0.2) is 0 Å². The third-order valence-corrected chi connectivity index (χ3v) is 8.11. The number of esters is 3. The van der Waals surface area contributed by atoms with Gasteiger partial charge in [0, 0.05) is 19.3 Å². The molecule has 0 aliphatic rings. The van der Waals surface area contributed by atoms with Gasteiger partial charge in [-0.15, -0.1) is 0 Å². The van der Waals surface area contributed by atoms with Crippen LogP contribution in [0.1, 0.15) is 201 Å². The molecule has 0 saturated carbocycles. The third kappa shape index (κ3) is 31.6. The highest BCUT2D eigenvalue weighted by Crippen LogP contribution is 2.14. The van der Waals surface area contributed by atoms with Crippen LogP contribution in [0.15, 0.2) is 0 Å². The Bertz CT molecular complexity index is 635. The van der Waals surface area contributed by atoms with Gasteiger partial charge >= 0.3 is 17.9 Å². The van der Waals surface area contributed by atoms with Crippen molar-refractivity contribution in [1.82, 2.24) is 0 Å². The fourth-order valence-corrected chi connectivity index (χ4v) is 5.26. The third-order valence-electron chi connectivity index (χ3n) is 8.11. The fourth-order valence-electron chi connectivity index (χ4n) is 5.26. The average Bonchev–Trinajstić information content (AvgIpc) is 3.00. The molecule has 0 fully saturated rings. The maximum atomic E-state index is 12.5. The number of hydrogen-bond acceptors (Lipinski definition) is 6. The summed E-state index contributed by atoms with van der Waals surface area (Å²) in [6, 6.07) is 0. The normalized spacial score (nSPS) is 11.8. The van der Waals surface area contributed by atoms with Gasteiger partial charge in [0.1, 0.15) is 13.2 Å². The summed E-state index contributed by atoms with van der Waals surface area (Å²) >= 11 is 0. The Morgan fingerprint density at radius 3 is 0.930 bits per heavy atom. The van der Waals surface area contributed by atoms with E-state index in [4.69, 9.17) is 14.2 Å². The minimum absolute atomic E-state index is 0.0653. The first-order valence-corrected chi connectivity index (χ1v) is 18.5. The monoisotopic (exact) mass is 611 g/mol. The lowest BCUT2D eigenvalue weighted by atomic mass is 10.1. The van der Waals surface area contributed by atoms with E-state index in [1.165, 1.54) is 96.3 Å². The first-order chi connectivity index (χ1) is 21.0. The SMILES string of the molecule is CCCCCCCCCCCCC(=O)OC[C@@H](COC(=O)CCCCCCC)OC(=O)CCCCCCCCCCCC. The standard InChI is InChI=1S/C37H70O6/c1-4-7-10-13-15-17-19-21-24-27-30-36(39)42-33-34(32-41-35(38)29-26-23-12-9-6-3)43-37(40)31-28-25-22-20-18-16-14-11-8-5-2/h34H,4-33H2,1-3H3/t34-/m1/s1. The average molecular weight is 611 g/mol. The number of carbonyl (C=O) groups is 3. The molecular formula is C37H70O6. The summed E-state index contributed by atoms with van der Waals surface area (Å²) in [5.74, 6) is -0.882. The van der Waals surface area contributed by atoms with E-state index in [0.717, 1.165) is 64.2 Å². The lowest BCUT2D eigenvalue weighted by molar-refractivity contribution is -0.167. The van der Waals surface area contributed by atoms with Gasteiger partial charge in [0.05, 0.1) is 0 Å². The molecule has 0 spiro atoms. The van der Waals surface area contributed by atoms with Crippen LogP contribution in [0.4, 0.5) is 0 Å². The molecule has 6 heteroatoms. The van der Waals surface area contributed by atoms with Crippen LogP contribution in [-0.2, 0) is 28.6 Å². The molecule has 0 unspecified atom stereocenters. The highest BCUT2D eigenvalue weighted by molar-refractivity contribution is 5.71. The minimum atomic E-state index is -0.753. The molecule has 0 rings (SSSR count). The van der Waals surface area contributed by atoms with Gasteiger partial charge in [0.15, 0.2) is 6.10 Å². The van der Waals surface area contributed by atoms with Gasteiger partial charge in [-0.1, -0.05) is 162 Å². The summed E-state index contributed by atoms with van der Waals surface area (Å²) in [6.45, 7) is 6.51. The Morgan fingerprint density at radius 2 is 0.628 bits per heavy atom. The molecule has 0 aromatic heterocycles. The van der Waals surface area contributed by atoms with Crippen molar-refractivity contribution in [1.29, 1.82) is 0 Å². The molecule has 0 bridgehead atoms. The second-order valence-electron chi connectivity index (χ2n) is 12.5. The minimum Gasteiger partial charge on any atom is -0.462 e. The van der Waals surface area contributed by atoms with Crippen molar-refractivity contribution in [3.63, 3.8) is 0 Å². The fraction of sp³-hybridized carbons (Fsp3) is 0.919. The number of unbranched alkanes of at least 4 members (excludes halogenated alkanes) is 22. The van der Waals surface area contributed by atoms with Crippen LogP contribution in [-0.4, -0.2) is 37.2 Å². The molecule has 0 radical (unpaired) electrons. The number of hydrogen-bond donors (Lipinski definition) is 0. The van der Waals surface area contributed by atoms with Crippen molar-refractivity contribution in [3.05, 3.63) is 0 Å². The molecule has 1 atom stereocenters. The largest absolute Gasteiger partial charge is 0.462 e. The summed E-state index contributed by atoms with van der Waals surface area (Å²) in [5, 5.41) is 0. The van der Waals surface area contributed by atoms with Gasteiger partial charge in [-0.2, -0.15) is 0 Å². The van der Waals surface area contributed by atoms with Gasteiger partial charge in [0.25, 0.3) is 0 Å². The van der Waals surface area contributed by atoms with E-state index < -0.39 is 6.10 Å². The van der Waals surface area contributed by atoms with Crippen molar-refractivity contribution >= 4 is 17.9 Å². The zero-order valence-electron chi connectivity index (χ0n) is 28.7. The maximum absolute atomic E-state index is 12.5. The lowest BCUT2D eigenvalue weighted by Gasteiger charge is -2.18. The molecule has 0 N–H and O–H groups in total. The smallest absolute Gasteiger partial charge is 0.306 e. The molecule has 0 aromatic carbocycles. The van der Waals surface area contributed by atoms with Crippen LogP contribution in [0, 0.1) is 0 Å². The molecule has 0 amide bonds. The Hall–Kier alpha value is -1.59. The summed E-state index contributed by atoms with van der Waals surface area (Å²) in [5.41, 5.74) is 0. The van der Waals surface area contributed by atoms with Crippen molar-refractivity contribution in [2.24, 2.45) is 0 Å². The van der Waals surface area contributed by atoms with Crippen LogP contribution in [0.25, 0.3) is 0 Å². The van der Waals surface area contributed by atoms with Gasteiger partial charge in [-0.05, 0) is 19.3 Å². The van der Waals surface area contributed by atoms with Gasteiger partial charge in [-0.3, -0.25) is 14.4 Å². The van der Waals surface area contributed by atoms with E-state index in [2.05, 4.69) is 20.8 Å². The molecule has 0 heterocycles. The molecule has 0 aliphatic carbocycles. The molecule has 254 valence electrons. The van der Waals surface area contributed by atoms with Crippen LogP contribution in [0.3, 0.4) is 0 Å². The summed E-state index contributed by atoms with van der Waals surface area (Å²) in [6.07, 6.45) is 29.7. The first-order valence-electron chi connectivity index (χ1n) is 18.5. The van der Waals surface area contributed by atoms with E-state index in [0.29, 0.717) is 19.3 Å². The van der Waals surface area contributed by atoms with E-state index >= 15 is 0 Å². The molecule has 6 nitrogen and oxygen atoms in total. The Morgan fingerprint density at radius 1 is 0.372 bits per heavy atom. The Balaban J connectivity index is 4.29. The zero-order valence-corrected chi connectivity index (χ0v) is 28.7. The van der Waals surface area contributed by atoms with E-state index in [1.807, 2.05) is 0 Å². The maximum Gasteiger partial charge on any atom is 0.306 e. The summed E-state index contributed by atoms with van der Waals surface area (Å²) in [7, 11) is 0. The van der Waals surface area contributed by atoms with Crippen LogP contribution >= 0.6 is 0 Å². The first kappa shape index (κ1) is 41.4. The summed E-state index contributed by atoms with van der Waals surface area (Å²) in [4.78, 5) is 37.1. The van der Waals surface area contributed by atoms with Crippen molar-refractivity contribution in [2.75, 3.05) is 13.2 Å². The quantitative estimate of drug-likeness (QED) is 0.0418. The van der Waals surface area contributed by atoms with Crippen LogP contribution in [0.2, 0.25) is 0 Å². The number of rotatable bonds is 33. The Kier molecular flexibility index (Phi) is 32.1. The van der Waals surface area contributed by atoms with Crippen molar-refractivity contribution in [3.8, 4) is 0 Å². The molecule has 0 saturated heterocycles. The Labute approximate surface area is 266 Å². The lowest BCUT2D eigenvalue weighted by Crippen LogP contribution is -2.30. The summed E-state index contributed by atoms with van der Waals surface area (Å²) < 4.78 is 16.5. The van der Waals surface area contributed by atoms with Crippen molar-refractivity contribution in [2.45, 2.75) is 207 Å². The zero-order chi connectivity index (χ0) is 31.6. The second-order valence-corrected chi connectivity index (χ2v) is 12.5. The predicted octanol–water partition coefficient (Wildman–Crippen LogP) is 11.0. The van der Waals surface area contributed by atoms with Crippen LogP contribution < -0.4 is 0 Å². The molecule has 0 aliphatic heterocycles. The number of ether oxygens (including phenoxy) is 3. The van der Waals surface area contributed by atoms with Crippen molar-refractivity contribution < 1.29 is 28.6 Å². The highest BCUT2D eigenvalue weighted by atomic mass is 16.6. The van der Waals surface area contributed by atoms with E-state index in [9.17, 15) is 14.4 Å². The molecular weight excluding hydrogens is 540 g/mol. The van der Waals surface area contributed by atoms with Crippen LogP contribution in [0.5, 0.6) is 0 Å². The second kappa shape index (κ2) is 33.3. The number of carbonyl (C=O) groups excluding carboxylic acids is 3. The topological polar surface area (TPSA) is 78.9 Å².